The molecular weight excluding hydrogens is 284 g/mol. The summed E-state index contributed by atoms with van der Waals surface area (Å²) in [7, 11) is 0. The van der Waals surface area contributed by atoms with Gasteiger partial charge >= 0.3 is 0 Å². The third kappa shape index (κ3) is 3.99. The molecule has 0 spiro atoms. The van der Waals surface area contributed by atoms with Gasteiger partial charge in [-0.05, 0) is 23.8 Å². The molecule has 0 fully saturated rings. The summed E-state index contributed by atoms with van der Waals surface area (Å²) in [6, 6.07) is 14.9. The minimum absolute atomic E-state index is 0.152. The molecule has 0 saturated heterocycles. The van der Waals surface area contributed by atoms with Crippen molar-refractivity contribution in [3.63, 3.8) is 0 Å². The van der Waals surface area contributed by atoms with E-state index in [-0.39, 0.29) is 11.3 Å². The van der Waals surface area contributed by atoms with E-state index < -0.39 is 0 Å². The van der Waals surface area contributed by atoms with Crippen LogP contribution in [0.15, 0.2) is 48.5 Å². The molecule has 4 heteroatoms. The second-order valence-electron chi connectivity index (χ2n) is 5.71. The van der Waals surface area contributed by atoms with Crippen molar-refractivity contribution in [2.24, 2.45) is 0 Å². The Labute approximate surface area is 130 Å². The first-order valence-electron chi connectivity index (χ1n) is 6.78. The van der Waals surface area contributed by atoms with Crippen LogP contribution >= 0.6 is 11.6 Å². The maximum atomic E-state index is 12.2. The number of halogens is 1. The SMILES string of the molecule is CC(C)(CNC(=O)c1cc(N)cc(Cl)c1)c1ccccc1. The van der Waals surface area contributed by atoms with Crippen molar-refractivity contribution in [1.29, 1.82) is 0 Å². The molecule has 0 aliphatic heterocycles. The number of rotatable bonds is 4. The zero-order chi connectivity index (χ0) is 15.5. The lowest BCUT2D eigenvalue weighted by Gasteiger charge is -2.25. The standard InChI is InChI=1S/C17H19ClN2O/c1-17(2,13-6-4-3-5-7-13)11-20-16(21)12-8-14(18)10-15(19)9-12/h3-10H,11,19H2,1-2H3,(H,20,21). The van der Waals surface area contributed by atoms with Crippen molar-refractivity contribution in [1.82, 2.24) is 5.32 Å². The Kier molecular flexibility index (Phi) is 4.53. The summed E-state index contributed by atoms with van der Waals surface area (Å²) >= 11 is 5.92. The molecule has 0 unspecified atom stereocenters. The highest BCUT2D eigenvalue weighted by Gasteiger charge is 2.21. The molecule has 3 N–H and O–H groups in total. The number of carbonyl (C=O) groups is 1. The largest absolute Gasteiger partial charge is 0.399 e. The van der Waals surface area contributed by atoms with Gasteiger partial charge in [-0.1, -0.05) is 55.8 Å². The van der Waals surface area contributed by atoms with E-state index in [2.05, 4.69) is 31.3 Å². The van der Waals surface area contributed by atoms with E-state index in [9.17, 15) is 4.79 Å². The first kappa shape index (κ1) is 15.4. The van der Waals surface area contributed by atoms with E-state index in [1.807, 2.05) is 18.2 Å². The number of nitrogens with one attached hydrogen (secondary N) is 1. The van der Waals surface area contributed by atoms with Gasteiger partial charge in [-0.25, -0.2) is 0 Å². The predicted molar refractivity (Wildman–Crippen MR) is 87.7 cm³/mol. The Morgan fingerprint density at radius 2 is 1.86 bits per heavy atom. The molecule has 110 valence electrons. The Morgan fingerprint density at radius 1 is 1.19 bits per heavy atom. The fourth-order valence-corrected chi connectivity index (χ4v) is 2.38. The van der Waals surface area contributed by atoms with Crippen molar-refractivity contribution in [3.8, 4) is 0 Å². The van der Waals surface area contributed by atoms with Crippen molar-refractivity contribution < 1.29 is 4.79 Å². The Hall–Kier alpha value is -2.00. The van der Waals surface area contributed by atoms with Crippen molar-refractivity contribution in [3.05, 3.63) is 64.7 Å². The van der Waals surface area contributed by atoms with Gasteiger partial charge in [-0.3, -0.25) is 4.79 Å². The number of nitrogen functional groups attached to an aromatic ring is 1. The zero-order valence-corrected chi connectivity index (χ0v) is 12.9. The van der Waals surface area contributed by atoms with E-state index in [4.69, 9.17) is 17.3 Å². The van der Waals surface area contributed by atoms with Crippen LogP contribution in [0.3, 0.4) is 0 Å². The van der Waals surface area contributed by atoms with Crippen LogP contribution in [0, 0.1) is 0 Å². The number of hydrogen-bond acceptors (Lipinski definition) is 2. The van der Waals surface area contributed by atoms with Gasteiger partial charge in [0, 0.05) is 28.2 Å². The normalized spacial score (nSPS) is 11.2. The van der Waals surface area contributed by atoms with Crippen molar-refractivity contribution >= 4 is 23.2 Å². The highest BCUT2D eigenvalue weighted by Crippen LogP contribution is 2.22. The number of amides is 1. The topological polar surface area (TPSA) is 55.1 Å². The third-order valence-corrected chi connectivity index (χ3v) is 3.65. The summed E-state index contributed by atoms with van der Waals surface area (Å²) in [6.45, 7) is 4.71. The highest BCUT2D eigenvalue weighted by atomic mass is 35.5. The van der Waals surface area contributed by atoms with Crippen molar-refractivity contribution in [2.45, 2.75) is 19.3 Å². The van der Waals surface area contributed by atoms with Crippen LogP contribution in [0.4, 0.5) is 5.69 Å². The molecule has 0 radical (unpaired) electrons. The van der Waals surface area contributed by atoms with Crippen LogP contribution in [0.2, 0.25) is 5.02 Å². The minimum atomic E-state index is -0.173. The second-order valence-corrected chi connectivity index (χ2v) is 6.14. The van der Waals surface area contributed by atoms with Gasteiger partial charge < -0.3 is 11.1 Å². The predicted octanol–water partition coefficient (Wildman–Crippen LogP) is 3.63. The summed E-state index contributed by atoms with van der Waals surface area (Å²) in [6.07, 6.45) is 0. The molecule has 21 heavy (non-hydrogen) atoms. The molecule has 1 amide bonds. The van der Waals surface area contributed by atoms with E-state index in [1.165, 1.54) is 5.56 Å². The summed E-state index contributed by atoms with van der Waals surface area (Å²) in [5, 5.41) is 3.40. The highest BCUT2D eigenvalue weighted by molar-refractivity contribution is 6.31. The average molecular weight is 303 g/mol. The Balaban J connectivity index is 2.07. The van der Waals surface area contributed by atoms with E-state index in [1.54, 1.807) is 18.2 Å². The lowest BCUT2D eigenvalue weighted by atomic mass is 9.84. The molecule has 0 bridgehead atoms. The molecule has 0 aliphatic rings. The summed E-state index contributed by atoms with van der Waals surface area (Å²) in [5.41, 5.74) is 7.69. The summed E-state index contributed by atoms with van der Waals surface area (Å²) in [5.74, 6) is -0.173. The monoisotopic (exact) mass is 302 g/mol. The Morgan fingerprint density at radius 3 is 2.48 bits per heavy atom. The first-order chi connectivity index (χ1) is 9.88. The van der Waals surface area contributed by atoms with Crippen LogP contribution in [-0.2, 0) is 5.41 Å². The van der Waals surface area contributed by atoms with Gasteiger partial charge in [-0.2, -0.15) is 0 Å². The van der Waals surface area contributed by atoms with E-state index in [0.29, 0.717) is 22.8 Å². The van der Waals surface area contributed by atoms with E-state index in [0.717, 1.165) is 0 Å². The maximum Gasteiger partial charge on any atom is 0.251 e. The zero-order valence-electron chi connectivity index (χ0n) is 12.2. The fraction of sp³-hybridized carbons (Fsp3) is 0.235. The lowest BCUT2D eigenvalue weighted by Crippen LogP contribution is -2.36. The van der Waals surface area contributed by atoms with Gasteiger partial charge in [0.25, 0.3) is 5.91 Å². The number of benzene rings is 2. The average Bonchev–Trinajstić information content (AvgIpc) is 2.45. The van der Waals surface area contributed by atoms with Crippen LogP contribution in [0.1, 0.15) is 29.8 Å². The molecule has 0 aromatic heterocycles. The molecule has 2 rings (SSSR count). The van der Waals surface area contributed by atoms with E-state index >= 15 is 0 Å². The number of carbonyl (C=O) groups excluding carboxylic acids is 1. The molecular formula is C17H19ClN2O. The molecule has 0 heterocycles. The number of hydrogen-bond donors (Lipinski definition) is 2. The fourth-order valence-electron chi connectivity index (χ4n) is 2.14. The van der Waals surface area contributed by atoms with Gasteiger partial charge in [-0.15, -0.1) is 0 Å². The molecule has 0 aliphatic carbocycles. The van der Waals surface area contributed by atoms with Gasteiger partial charge in [0.2, 0.25) is 0 Å². The minimum Gasteiger partial charge on any atom is -0.399 e. The smallest absolute Gasteiger partial charge is 0.251 e. The molecule has 3 nitrogen and oxygen atoms in total. The molecule has 0 saturated carbocycles. The quantitative estimate of drug-likeness (QED) is 0.847. The lowest BCUT2D eigenvalue weighted by molar-refractivity contribution is 0.0945. The summed E-state index contributed by atoms with van der Waals surface area (Å²) in [4.78, 5) is 12.2. The molecule has 2 aromatic carbocycles. The number of nitrogens with two attached hydrogens (primary N) is 1. The Bertz CT molecular complexity index is 618. The van der Waals surface area contributed by atoms with Crippen molar-refractivity contribution in [2.75, 3.05) is 12.3 Å². The van der Waals surface area contributed by atoms with Crippen LogP contribution in [-0.4, -0.2) is 12.5 Å². The summed E-state index contributed by atoms with van der Waals surface area (Å²) < 4.78 is 0. The van der Waals surface area contributed by atoms with Crippen LogP contribution < -0.4 is 11.1 Å². The van der Waals surface area contributed by atoms with Gasteiger partial charge in [0.1, 0.15) is 0 Å². The number of anilines is 1. The maximum absolute atomic E-state index is 12.2. The van der Waals surface area contributed by atoms with Gasteiger partial charge in [0.15, 0.2) is 0 Å². The van der Waals surface area contributed by atoms with Crippen LogP contribution in [0.25, 0.3) is 0 Å². The third-order valence-electron chi connectivity index (χ3n) is 3.43. The first-order valence-corrected chi connectivity index (χ1v) is 7.16. The van der Waals surface area contributed by atoms with Crippen LogP contribution in [0.5, 0.6) is 0 Å². The molecule has 0 atom stereocenters. The second kappa shape index (κ2) is 6.19. The van der Waals surface area contributed by atoms with Gasteiger partial charge in [0.05, 0.1) is 0 Å². The molecule has 2 aromatic rings.